The van der Waals surface area contributed by atoms with Crippen LogP contribution in [-0.2, 0) is 0 Å². The van der Waals surface area contributed by atoms with Crippen LogP contribution < -0.4 is 0 Å². The van der Waals surface area contributed by atoms with E-state index in [1.54, 1.807) is 13.0 Å². The van der Waals surface area contributed by atoms with Crippen molar-refractivity contribution >= 4 is 0 Å². The van der Waals surface area contributed by atoms with Crippen molar-refractivity contribution in [1.82, 2.24) is 0 Å². The van der Waals surface area contributed by atoms with Crippen LogP contribution in [0.5, 0.6) is 0 Å². The second kappa shape index (κ2) is 6.56. The smallest absolute Gasteiger partial charge is 0.109 e. The normalized spacial score (nSPS) is 46.1. The molecular weight excluding hydrogens is 304 g/mol. The van der Waals surface area contributed by atoms with Crippen molar-refractivity contribution in [1.29, 1.82) is 0 Å². The van der Waals surface area contributed by atoms with Gasteiger partial charge < -0.3 is 20.4 Å². The maximum absolute atomic E-state index is 11.1. The van der Waals surface area contributed by atoms with Crippen LogP contribution in [0.2, 0.25) is 0 Å². The second-order valence-corrected chi connectivity index (χ2v) is 8.95. The van der Waals surface area contributed by atoms with Crippen molar-refractivity contribution in [2.24, 2.45) is 22.7 Å². The molecule has 0 aromatic carbocycles. The van der Waals surface area contributed by atoms with E-state index in [2.05, 4.69) is 20.8 Å². The molecule has 138 valence electrons. The van der Waals surface area contributed by atoms with Crippen LogP contribution in [0.1, 0.15) is 53.9 Å². The Balaban J connectivity index is 2.50. The summed E-state index contributed by atoms with van der Waals surface area (Å²) in [4.78, 5) is 0. The zero-order chi connectivity index (χ0) is 18.3. The van der Waals surface area contributed by atoms with E-state index in [9.17, 15) is 15.3 Å². The maximum atomic E-state index is 11.1. The molecule has 4 heteroatoms. The number of fused-ring (bicyclic) bond motifs is 1. The highest BCUT2D eigenvalue weighted by Gasteiger charge is 2.64. The molecule has 2 fully saturated rings. The molecule has 0 heterocycles. The lowest BCUT2D eigenvalue weighted by molar-refractivity contribution is -0.255. The highest BCUT2D eigenvalue weighted by molar-refractivity contribution is 5.24. The van der Waals surface area contributed by atoms with E-state index in [1.165, 1.54) is 0 Å². The predicted molar refractivity (Wildman–Crippen MR) is 95.3 cm³/mol. The molecule has 24 heavy (non-hydrogen) atoms. The average molecular weight is 338 g/mol. The van der Waals surface area contributed by atoms with Crippen LogP contribution in [-0.4, -0.2) is 44.8 Å². The predicted octanol–water partition coefficient (Wildman–Crippen LogP) is 2.42. The summed E-state index contributed by atoms with van der Waals surface area (Å²) < 4.78 is 0. The zero-order valence-electron chi connectivity index (χ0n) is 15.7. The molecule has 2 saturated carbocycles. The third-order valence-electron chi connectivity index (χ3n) is 6.66. The largest absolute Gasteiger partial charge is 0.392 e. The third kappa shape index (κ3) is 3.10. The Kier molecular flexibility index (Phi) is 5.37. The first kappa shape index (κ1) is 19.6. The van der Waals surface area contributed by atoms with Gasteiger partial charge in [-0.15, -0.1) is 0 Å². The first-order valence-electron chi connectivity index (χ1n) is 9.03. The highest BCUT2D eigenvalue weighted by Crippen LogP contribution is 2.62. The highest BCUT2D eigenvalue weighted by atomic mass is 16.4. The Morgan fingerprint density at radius 1 is 1.12 bits per heavy atom. The minimum absolute atomic E-state index is 0.0223. The molecule has 0 bridgehead atoms. The van der Waals surface area contributed by atoms with Crippen molar-refractivity contribution in [3.8, 4) is 0 Å². The van der Waals surface area contributed by atoms with E-state index in [-0.39, 0.29) is 29.3 Å². The van der Waals surface area contributed by atoms with E-state index in [0.29, 0.717) is 0 Å². The summed E-state index contributed by atoms with van der Waals surface area (Å²) in [5, 5.41) is 41.5. The lowest BCUT2D eigenvalue weighted by atomic mass is 9.44. The minimum atomic E-state index is -1.39. The van der Waals surface area contributed by atoms with Gasteiger partial charge in [-0.2, -0.15) is 0 Å². The number of hydrogen-bond acceptors (Lipinski definition) is 4. The van der Waals surface area contributed by atoms with E-state index >= 15 is 0 Å². The van der Waals surface area contributed by atoms with Gasteiger partial charge in [0.2, 0.25) is 0 Å². The molecule has 6 unspecified atom stereocenters. The number of aliphatic hydroxyl groups excluding tert-OH is 3. The molecule has 0 aromatic rings. The van der Waals surface area contributed by atoms with Crippen LogP contribution in [0.3, 0.4) is 0 Å². The summed E-state index contributed by atoms with van der Waals surface area (Å²) in [5.74, 6) is -0.347. The molecule has 2 aliphatic carbocycles. The molecule has 0 amide bonds. The molecule has 4 N–H and O–H groups in total. The Bertz CT molecular complexity index is 520. The molecule has 4 nitrogen and oxygen atoms in total. The van der Waals surface area contributed by atoms with Crippen molar-refractivity contribution in [2.45, 2.75) is 71.7 Å². The molecule has 0 aliphatic heterocycles. The number of rotatable bonds is 3. The van der Waals surface area contributed by atoms with Crippen LogP contribution >= 0.6 is 0 Å². The fourth-order valence-electron chi connectivity index (χ4n) is 5.58. The van der Waals surface area contributed by atoms with Gasteiger partial charge in [0.1, 0.15) is 6.10 Å². The summed E-state index contributed by atoms with van der Waals surface area (Å²) >= 11 is 0. The van der Waals surface area contributed by atoms with Crippen LogP contribution in [0.15, 0.2) is 23.8 Å². The van der Waals surface area contributed by atoms with E-state index in [1.807, 2.05) is 19.1 Å². The van der Waals surface area contributed by atoms with Gasteiger partial charge in [0.25, 0.3) is 0 Å². The molecule has 2 rings (SSSR count). The summed E-state index contributed by atoms with van der Waals surface area (Å²) in [6, 6.07) is 0. The van der Waals surface area contributed by atoms with Gasteiger partial charge >= 0.3 is 0 Å². The topological polar surface area (TPSA) is 80.9 Å². The molecule has 0 spiro atoms. The Morgan fingerprint density at radius 3 is 2.33 bits per heavy atom. The standard InChI is InChI=1S/C20H34O4/c1-13(9-12-21)7-8-14-19(4)11-6-10-18(2,3)16(19)15(22)17(23)20(14,5)24/h7-9,14-17,21-24H,6,10-12H2,1-5H3/b8-7+,13-9-. The van der Waals surface area contributed by atoms with Crippen LogP contribution in [0, 0.1) is 22.7 Å². The van der Waals surface area contributed by atoms with Crippen LogP contribution in [0.4, 0.5) is 0 Å². The SMILES string of the molecule is CC(=C/CO)/C=C/C1C(C)(O)C(O)C(O)C2C(C)(C)CCCC21C. The van der Waals surface area contributed by atoms with E-state index < -0.39 is 17.8 Å². The van der Waals surface area contributed by atoms with Gasteiger partial charge in [-0.1, -0.05) is 51.0 Å². The minimum Gasteiger partial charge on any atom is -0.392 e. The number of aliphatic hydroxyl groups is 4. The molecule has 0 radical (unpaired) electrons. The monoisotopic (exact) mass is 338 g/mol. The van der Waals surface area contributed by atoms with Gasteiger partial charge in [-0.3, -0.25) is 0 Å². The quantitative estimate of drug-likeness (QED) is 0.596. The Morgan fingerprint density at radius 2 is 1.75 bits per heavy atom. The third-order valence-corrected chi connectivity index (χ3v) is 6.66. The number of allylic oxidation sites excluding steroid dienone is 2. The van der Waals surface area contributed by atoms with Gasteiger partial charge in [0, 0.05) is 5.92 Å². The molecule has 6 atom stereocenters. The lowest BCUT2D eigenvalue weighted by Gasteiger charge is -2.63. The molecule has 2 aliphatic rings. The number of hydrogen-bond donors (Lipinski definition) is 4. The van der Waals surface area contributed by atoms with Crippen molar-refractivity contribution < 1.29 is 20.4 Å². The zero-order valence-corrected chi connectivity index (χ0v) is 15.7. The summed E-state index contributed by atoms with van der Waals surface area (Å²) in [5.41, 5.74) is -0.857. The van der Waals surface area contributed by atoms with Crippen molar-refractivity contribution in [3.05, 3.63) is 23.8 Å². The Hall–Kier alpha value is -0.680. The van der Waals surface area contributed by atoms with Gasteiger partial charge in [-0.25, -0.2) is 0 Å². The van der Waals surface area contributed by atoms with E-state index in [4.69, 9.17) is 5.11 Å². The molecular formula is C20H34O4. The first-order valence-corrected chi connectivity index (χ1v) is 9.03. The maximum Gasteiger partial charge on any atom is 0.109 e. The Labute approximate surface area is 145 Å². The molecule has 0 saturated heterocycles. The fourth-order valence-corrected chi connectivity index (χ4v) is 5.58. The molecule has 0 aromatic heterocycles. The van der Waals surface area contributed by atoms with Gasteiger partial charge in [-0.05, 0) is 43.4 Å². The summed E-state index contributed by atoms with van der Waals surface area (Å²) in [6.45, 7) is 9.96. The first-order chi connectivity index (χ1) is 11.0. The van der Waals surface area contributed by atoms with Crippen molar-refractivity contribution in [3.63, 3.8) is 0 Å². The summed E-state index contributed by atoms with van der Waals surface area (Å²) in [6.07, 6.45) is 6.45. The summed E-state index contributed by atoms with van der Waals surface area (Å²) in [7, 11) is 0. The van der Waals surface area contributed by atoms with E-state index in [0.717, 1.165) is 24.8 Å². The van der Waals surface area contributed by atoms with Crippen molar-refractivity contribution in [2.75, 3.05) is 6.61 Å². The van der Waals surface area contributed by atoms with Gasteiger partial charge in [0.05, 0.1) is 18.3 Å². The van der Waals surface area contributed by atoms with Gasteiger partial charge in [0.15, 0.2) is 0 Å². The lowest BCUT2D eigenvalue weighted by Crippen LogP contribution is -2.69. The second-order valence-electron chi connectivity index (χ2n) is 8.95. The van der Waals surface area contributed by atoms with Crippen LogP contribution in [0.25, 0.3) is 0 Å². The average Bonchev–Trinajstić information content (AvgIpc) is 2.44. The fraction of sp³-hybridized carbons (Fsp3) is 0.800.